The molecule has 5 nitrogen and oxygen atoms in total. The van der Waals surface area contributed by atoms with Crippen molar-refractivity contribution in [1.29, 1.82) is 0 Å². The van der Waals surface area contributed by atoms with E-state index in [-0.39, 0.29) is 5.56 Å². The summed E-state index contributed by atoms with van der Waals surface area (Å²) in [7, 11) is 0. The van der Waals surface area contributed by atoms with Crippen molar-refractivity contribution in [3.8, 4) is 0 Å². The van der Waals surface area contributed by atoms with Gasteiger partial charge in [0, 0.05) is 25.0 Å². The van der Waals surface area contributed by atoms with Crippen LogP contribution < -0.4 is 5.56 Å². The van der Waals surface area contributed by atoms with Crippen LogP contribution in [0.3, 0.4) is 0 Å². The molecule has 0 aliphatic carbocycles. The molecule has 0 unspecified atom stereocenters. The average molecular weight is 425 g/mol. The molecule has 29 heavy (non-hydrogen) atoms. The predicted octanol–water partition coefficient (Wildman–Crippen LogP) is 4.94. The zero-order valence-corrected chi connectivity index (χ0v) is 17.7. The van der Waals surface area contributed by atoms with E-state index < -0.39 is 0 Å². The van der Waals surface area contributed by atoms with E-state index in [1.165, 1.54) is 5.56 Å². The molecule has 0 N–H and O–H groups in total. The molecule has 4 aromatic rings. The van der Waals surface area contributed by atoms with Crippen molar-refractivity contribution in [2.45, 2.75) is 37.3 Å². The second kappa shape index (κ2) is 8.84. The summed E-state index contributed by atoms with van der Waals surface area (Å²) in [4.78, 5) is 17.9. The van der Waals surface area contributed by atoms with Crippen LogP contribution in [0.1, 0.15) is 17.7 Å². The minimum Gasteiger partial charge on any atom is -0.287 e. The van der Waals surface area contributed by atoms with Gasteiger partial charge in [0.1, 0.15) is 0 Å². The Labute approximate surface area is 178 Å². The van der Waals surface area contributed by atoms with Gasteiger partial charge in [0.2, 0.25) is 0 Å². The highest BCUT2D eigenvalue weighted by atomic mass is 35.5. The first-order valence-electron chi connectivity index (χ1n) is 9.47. The summed E-state index contributed by atoms with van der Waals surface area (Å²) in [5.41, 5.74) is 2.75. The van der Waals surface area contributed by atoms with Gasteiger partial charge in [0.15, 0.2) is 5.16 Å². The SMILES string of the molecule is Cc1nn(CCCn2c(SCc3ccccc3)nc3ccccc3c2=O)cc1Cl. The zero-order valence-electron chi connectivity index (χ0n) is 16.1. The Balaban J connectivity index is 1.59. The molecule has 7 heteroatoms. The number of aromatic nitrogens is 4. The first-order valence-corrected chi connectivity index (χ1v) is 10.8. The molecule has 0 spiro atoms. The standard InChI is InChI=1S/C22H21ClN4OS/c1-16-19(23)14-26(25-16)12-7-13-27-21(28)18-10-5-6-11-20(18)24-22(27)29-15-17-8-3-2-4-9-17/h2-6,8-11,14H,7,12-13,15H2,1H3. The van der Waals surface area contributed by atoms with Gasteiger partial charge in [0.25, 0.3) is 5.56 Å². The summed E-state index contributed by atoms with van der Waals surface area (Å²) in [5, 5.41) is 6.44. The van der Waals surface area contributed by atoms with E-state index >= 15 is 0 Å². The number of fused-ring (bicyclic) bond motifs is 1. The number of aryl methyl sites for hydroxylation is 2. The Bertz CT molecular complexity index is 1170. The van der Waals surface area contributed by atoms with Crippen LogP contribution in [-0.4, -0.2) is 19.3 Å². The normalized spacial score (nSPS) is 11.2. The highest BCUT2D eigenvalue weighted by Crippen LogP contribution is 2.22. The number of thioether (sulfide) groups is 1. The molecular formula is C22H21ClN4OS. The fourth-order valence-electron chi connectivity index (χ4n) is 3.18. The van der Waals surface area contributed by atoms with Gasteiger partial charge in [-0.05, 0) is 31.0 Å². The molecule has 2 aromatic heterocycles. The summed E-state index contributed by atoms with van der Waals surface area (Å²) in [6, 6.07) is 17.7. The van der Waals surface area contributed by atoms with Crippen molar-refractivity contribution >= 4 is 34.3 Å². The fraction of sp³-hybridized carbons (Fsp3) is 0.227. The van der Waals surface area contributed by atoms with Gasteiger partial charge >= 0.3 is 0 Å². The molecule has 148 valence electrons. The van der Waals surface area contributed by atoms with Crippen LogP contribution in [0, 0.1) is 6.92 Å². The zero-order chi connectivity index (χ0) is 20.2. The van der Waals surface area contributed by atoms with E-state index in [4.69, 9.17) is 16.6 Å². The van der Waals surface area contributed by atoms with Crippen molar-refractivity contribution in [3.63, 3.8) is 0 Å². The smallest absolute Gasteiger partial charge is 0.262 e. The van der Waals surface area contributed by atoms with Gasteiger partial charge in [-0.25, -0.2) is 4.98 Å². The summed E-state index contributed by atoms with van der Waals surface area (Å²) < 4.78 is 3.61. The maximum absolute atomic E-state index is 13.1. The molecule has 0 aliphatic rings. The summed E-state index contributed by atoms with van der Waals surface area (Å²) in [6.45, 7) is 3.15. The highest BCUT2D eigenvalue weighted by molar-refractivity contribution is 7.98. The quantitative estimate of drug-likeness (QED) is 0.311. The monoisotopic (exact) mass is 424 g/mol. The minimum absolute atomic E-state index is 0.000778. The second-order valence-corrected chi connectivity index (χ2v) is 8.17. The van der Waals surface area contributed by atoms with Gasteiger partial charge < -0.3 is 0 Å². The first kappa shape index (κ1) is 19.7. The van der Waals surface area contributed by atoms with E-state index in [2.05, 4.69) is 17.2 Å². The Kier molecular flexibility index (Phi) is 6.02. The summed E-state index contributed by atoms with van der Waals surface area (Å²) >= 11 is 7.68. The molecular weight excluding hydrogens is 404 g/mol. The lowest BCUT2D eigenvalue weighted by atomic mass is 10.2. The van der Waals surface area contributed by atoms with Crippen molar-refractivity contribution in [2.75, 3.05) is 0 Å². The van der Waals surface area contributed by atoms with Gasteiger partial charge in [-0.2, -0.15) is 5.10 Å². The van der Waals surface area contributed by atoms with Gasteiger partial charge in [-0.15, -0.1) is 0 Å². The third-order valence-electron chi connectivity index (χ3n) is 4.69. The first-order chi connectivity index (χ1) is 14.1. The molecule has 0 amide bonds. The Hall–Kier alpha value is -2.57. The highest BCUT2D eigenvalue weighted by Gasteiger charge is 2.12. The molecule has 0 bridgehead atoms. The van der Waals surface area contributed by atoms with E-state index in [1.54, 1.807) is 16.3 Å². The van der Waals surface area contributed by atoms with Crippen LogP contribution in [0.2, 0.25) is 5.02 Å². The lowest BCUT2D eigenvalue weighted by Crippen LogP contribution is -2.24. The largest absolute Gasteiger partial charge is 0.287 e. The molecule has 0 saturated heterocycles. The number of nitrogens with zero attached hydrogens (tertiary/aromatic N) is 4. The number of hydrogen-bond acceptors (Lipinski definition) is 4. The van der Waals surface area contributed by atoms with Crippen molar-refractivity contribution < 1.29 is 0 Å². The van der Waals surface area contributed by atoms with Crippen LogP contribution in [0.5, 0.6) is 0 Å². The maximum Gasteiger partial charge on any atom is 0.262 e. The Morgan fingerprint density at radius 3 is 2.55 bits per heavy atom. The van der Waals surface area contributed by atoms with Crippen LogP contribution in [0.4, 0.5) is 0 Å². The molecule has 2 heterocycles. The van der Waals surface area contributed by atoms with E-state index in [1.807, 2.05) is 60.3 Å². The molecule has 4 rings (SSSR count). The minimum atomic E-state index is 0.000778. The van der Waals surface area contributed by atoms with Crippen LogP contribution >= 0.6 is 23.4 Å². The molecule has 0 atom stereocenters. The summed E-state index contributed by atoms with van der Waals surface area (Å²) in [5.74, 6) is 0.763. The van der Waals surface area contributed by atoms with Crippen LogP contribution in [0.15, 0.2) is 70.7 Å². The number of hydrogen-bond donors (Lipinski definition) is 0. The lowest BCUT2D eigenvalue weighted by Gasteiger charge is -2.13. The van der Waals surface area contributed by atoms with E-state index in [9.17, 15) is 4.79 Å². The molecule has 0 saturated carbocycles. The van der Waals surface area contributed by atoms with Gasteiger partial charge in [-0.3, -0.25) is 14.0 Å². The van der Waals surface area contributed by atoms with E-state index in [0.29, 0.717) is 23.5 Å². The number of para-hydroxylation sites is 1. The third kappa shape index (κ3) is 4.54. The molecule has 0 radical (unpaired) electrons. The molecule has 0 aliphatic heterocycles. The third-order valence-corrected chi connectivity index (χ3v) is 6.11. The average Bonchev–Trinajstić information content (AvgIpc) is 3.06. The fourth-order valence-corrected chi connectivity index (χ4v) is 4.31. The van der Waals surface area contributed by atoms with E-state index in [0.717, 1.165) is 28.5 Å². The molecule has 2 aromatic carbocycles. The number of rotatable bonds is 7. The van der Waals surface area contributed by atoms with Crippen molar-refractivity contribution in [1.82, 2.24) is 19.3 Å². The lowest BCUT2D eigenvalue weighted by molar-refractivity contribution is 0.493. The topological polar surface area (TPSA) is 52.7 Å². The Morgan fingerprint density at radius 1 is 1.03 bits per heavy atom. The van der Waals surface area contributed by atoms with Crippen LogP contribution in [-0.2, 0) is 18.8 Å². The summed E-state index contributed by atoms with van der Waals surface area (Å²) in [6.07, 6.45) is 2.58. The second-order valence-electron chi connectivity index (χ2n) is 6.82. The Morgan fingerprint density at radius 2 is 1.79 bits per heavy atom. The predicted molar refractivity (Wildman–Crippen MR) is 119 cm³/mol. The number of halogens is 1. The van der Waals surface area contributed by atoms with Crippen LogP contribution in [0.25, 0.3) is 10.9 Å². The van der Waals surface area contributed by atoms with Crippen molar-refractivity contribution in [3.05, 3.63) is 87.4 Å². The maximum atomic E-state index is 13.1. The van der Waals surface area contributed by atoms with Gasteiger partial charge in [0.05, 0.1) is 21.6 Å². The number of benzene rings is 2. The van der Waals surface area contributed by atoms with Crippen molar-refractivity contribution in [2.24, 2.45) is 0 Å². The molecule has 0 fully saturated rings. The van der Waals surface area contributed by atoms with Gasteiger partial charge in [-0.1, -0.05) is 65.8 Å².